The SMILES string of the molecule is C#C/C(=C\C(=C(C)C)c1cc(C)n(CC)n1)N=C(C=C(C)C)N(C)/C=C\C(=C)c1ccccc1.CC.CCC(CC)C(C)=O.CCCNCCC. The van der Waals surface area contributed by atoms with Gasteiger partial charge in [-0.05, 0) is 123 Å². The number of carbonyl (C=O) groups is 1. The van der Waals surface area contributed by atoms with Crippen molar-refractivity contribution in [2.75, 3.05) is 20.1 Å². The highest BCUT2D eigenvalue weighted by molar-refractivity contribution is 5.95. The fourth-order valence-corrected chi connectivity index (χ4v) is 4.64. The van der Waals surface area contributed by atoms with Gasteiger partial charge in [0.2, 0.25) is 0 Å². The number of hydrogen-bond donors (Lipinski definition) is 1. The molecule has 0 aliphatic heterocycles. The highest BCUT2D eigenvalue weighted by Gasteiger charge is 2.10. The third-order valence-corrected chi connectivity index (χ3v) is 7.60. The van der Waals surface area contributed by atoms with Crippen LogP contribution < -0.4 is 5.32 Å². The van der Waals surface area contributed by atoms with Gasteiger partial charge in [-0.25, -0.2) is 4.99 Å². The lowest BCUT2D eigenvalue weighted by Gasteiger charge is -2.15. The van der Waals surface area contributed by atoms with Crippen molar-refractivity contribution in [1.29, 1.82) is 0 Å². The third-order valence-electron chi connectivity index (χ3n) is 7.60. The number of carbonyl (C=O) groups excluding carboxylic acids is 1. The summed E-state index contributed by atoms with van der Waals surface area (Å²) in [4.78, 5) is 17.4. The molecule has 0 saturated heterocycles. The van der Waals surface area contributed by atoms with E-state index in [9.17, 15) is 4.79 Å². The largest absolute Gasteiger partial charge is 0.336 e. The van der Waals surface area contributed by atoms with Gasteiger partial charge in [-0.2, -0.15) is 5.10 Å². The summed E-state index contributed by atoms with van der Waals surface area (Å²) in [7, 11) is 1.95. The minimum atomic E-state index is 0.315. The normalized spacial score (nSPS) is 10.9. The molecule has 1 aromatic carbocycles. The molecule has 51 heavy (non-hydrogen) atoms. The molecule has 0 atom stereocenters. The van der Waals surface area contributed by atoms with Crippen molar-refractivity contribution in [2.45, 2.75) is 122 Å². The Balaban J connectivity index is 0. The number of hydrogen-bond acceptors (Lipinski definition) is 4. The maximum atomic E-state index is 10.6. The Morgan fingerprint density at radius 3 is 1.96 bits per heavy atom. The predicted octanol–water partition coefficient (Wildman–Crippen LogP) is 11.5. The molecular weight excluding hydrogens is 627 g/mol. The van der Waals surface area contributed by atoms with Crippen molar-refractivity contribution in [3.63, 3.8) is 0 Å². The summed E-state index contributed by atoms with van der Waals surface area (Å²) in [6, 6.07) is 12.2. The van der Waals surface area contributed by atoms with Gasteiger partial charge in [0.15, 0.2) is 0 Å². The summed E-state index contributed by atoms with van der Waals surface area (Å²) in [6.45, 7) is 33.8. The number of rotatable bonds is 15. The van der Waals surface area contributed by atoms with Gasteiger partial charge in [0.1, 0.15) is 17.3 Å². The molecule has 0 aliphatic rings. The van der Waals surface area contributed by atoms with E-state index in [1.165, 1.54) is 25.9 Å². The van der Waals surface area contributed by atoms with Crippen LogP contribution in [0.25, 0.3) is 11.1 Å². The molecule has 0 saturated carbocycles. The lowest BCUT2D eigenvalue weighted by molar-refractivity contribution is -0.120. The van der Waals surface area contributed by atoms with E-state index in [0.717, 1.165) is 64.5 Å². The summed E-state index contributed by atoms with van der Waals surface area (Å²) in [5, 5.41) is 8.02. The summed E-state index contributed by atoms with van der Waals surface area (Å²) in [6.07, 6.45) is 18.3. The van der Waals surface area contributed by atoms with Gasteiger partial charge in [-0.15, -0.1) is 6.42 Å². The number of aromatic nitrogens is 2. The zero-order chi connectivity index (χ0) is 39.4. The zero-order valence-electron chi connectivity index (χ0n) is 34.8. The maximum absolute atomic E-state index is 10.6. The van der Waals surface area contributed by atoms with Crippen molar-refractivity contribution < 1.29 is 4.79 Å². The molecule has 1 N–H and O–H groups in total. The Bertz CT molecular complexity index is 1460. The van der Waals surface area contributed by atoms with E-state index in [2.05, 4.69) is 79.3 Å². The van der Waals surface area contributed by atoms with Crippen LogP contribution in [0.3, 0.4) is 0 Å². The van der Waals surface area contributed by atoms with Crippen LogP contribution in [0.4, 0.5) is 0 Å². The topological polar surface area (TPSA) is 62.5 Å². The highest BCUT2D eigenvalue weighted by Crippen LogP contribution is 2.22. The Kier molecular flexibility index (Phi) is 28.3. The number of amidine groups is 1. The third kappa shape index (κ3) is 20.9. The molecule has 6 nitrogen and oxygen atoms in total. The first kappa shape index (κ1) is 48.9. The minimum Gasteiger partial charge on any atom is -0.336 e. The number of ketones is 1. The first-order chi connectivity index (χ1) is 24.3. The summed E-state index contributed by atoms with van der Waals surface area (Å²) in [5.41, 5.74) is 7.78. The van der Waals surface area contributed by atoms with Crippen molar-refractivity contribution in [3.05, 3.63) is 101 Å². The molecule has 1 heterocycles. The van der Waals surface area contributed by atoms with E-state index in [-0.39, 0.29) is 0 Å². The number of nitrogens with one attached hydrogen (secondary N) is 1. The molecule has 0 unspecified atom stereocenters. The highest BCUT2D eigenvalue weighted by atomic mass is 16.1. The van der Waals surface area contributed by atoms with Crippen molar-refractivity contribution in [1.82, 2.24) is 20.0 Å². The second kappa shape index (κ2) is 29.5. The first-order valence-corrected chi connectivity index (χ1v) is 18.8. The number of allylic oxidation sites excluding steroid dienone is 7. The van der Waals surface area contributed by atoms with E-state index >= 15 is 0 Å². The van der Waals surface area contributed by atoms with E-state index in [4.69, 9.17) is 16.5 Å². The van der Waals surface area contributed by atoms with Gasteiger partial charge in [-0.1, -0.05) is 95.5 Å². The molecule has 1 aromatic heterocycles. The fraction of sp³-hybridized carbons (Fsp3) is 0.489. The lowest BCUT2D eigenvalue weighted by atomic mass is 10.00. The summed E-state index contributed by atoms with van der Waals surface area (Å²) in [5.74, 6) is 4.13. The average Bonchev–Trinajstić information content (AvgIpc) is 3.50. The molecule has 0 spiro atoms. The van der Waals surface area contributed by atoms with E-state index < -0.39 is 0 Å². The standard InChI is InChI=1S/C30H36N4.C7H14O.C6H15N.C2H6/c1-10-27(21-28(23(5)6)29-20-25(8)34(11-2)32-29)31-30(19-22(3)4)33(9)18-17-24(7)26-15-13-12-14-16-26;1-4-7(5-2)6(3)8;1-3-5-7-6-4-2;1-2/h1,12-21H,7,11H2,2-6,8-9H3;7H,4-5H2,1-3H3;7H,3-6H2,1-2H3;1-2H3/b18-17-,27-21+,31-30?;;;. The first-order valence-electron chi connectivity index (χ1n) is 18.8. The van der Waals surface area contributed by atoms with Crippen LogP contribution in [0.1, 0.15) is 126 Å². The smallest absolute Gasteiger partial charge is 0.133 e. The van der Waals surface area contributed by atoms with Crippen LogP contribution in [0.5, 0.6) is 0 Å². The Morgan fingerprint density at radius 2 is 1.57 bits per heavy atom. The molecule has 0 amide bonds. The van der Waals surface area contributed by atoms with Gasteiger partial charge in [0.25, 0.3) is 0 Å². The average molecular weight is 698 g/mol. The predicted molar refractivity (Wildman–Crippen MR) is 227 cm³/mol. The lowest BCUT2D eigenvalue weighted by Crippen LogP contribution is -2.19. The molecule has 0 radical (unpaired) electrons. The number of aryl methyl sites for hydroxylation is 2. The molecule has 2 aromatic rings. The van der Waals surface area contributed by atoms with Gasteiger partial charge in [0, 0.05) is 37.0 Å². The number of nitrogens with zero attached hydrogens (tertiary/aromatic N) is 4. The summed E-state index contributed by atoms with van der Waals surface area (Å²) < 4.78 is 1.98. The van der Waals surface area contributed by atoms with Crippen LogP contribution in [0.2, 0.25) is 0 Å². The van der Waals surface area contributed by atoms with Gasteiger partial charge < -0.3 is 10.2 Å². The van der Waals surface area contributed by atoms with Crippen LogP contribution in [-0.4, -0.2) is 46.4 Å². The van der Waals surface area contributed by atoms with Crippen LogP contribution in [0, 0.1) is 25.2 Å². The molecule has 282 valence electrons. The number of likely N-dealkylation sites (N-methyl/N-ethyl adjacent to an activating group) is 1. The van der Waals surface area contributed by atoms with E-state index in [1.54, 1.807) is 6.92 Å². The zero-order valence-corrected chi connectivity index (χ0v) is 34.8. The number of terminal acetylenes is 1. The Morgan fingerprint density at radius 1 is 1.00 bits per heavy atom. The molecule has 6 heteroatoms. The Labute approximate surface area is 313 Å². The molecule has 2 rings (SSSR count). The van der Waals surface area contributed by atoms with Crippen LogP contribution in [0.15, 0.2) is 89.2 Å². The second-order valence-corrected chi connectivity index (χ2v) is 12.5. The molecule has 0 fully saturated rings. The number of aliphatic imine (C=N–C) groups is 1. The fourth-order valence-electron chi connectivity index (χ4n) is 4.64. The van der Waals surface area contributed by atoms with Crippen LogP contribution in [-0.2, 0) is 11.3 Å². The number of Topliss-reactive ketones (excluding diaryl/α,β-unsaturated/α-hetero) is 1. The van der Waals surface area contributed by atoms with E-state index in [0.29, 0.717) is 17.4 Å². The second-order valence-electron chi connectivity index (χ2n) is 12.5. The maximum Gasteiger partial charge on any atom is 0.133 e. The van der Waals surface area contributed by atoms with Gasteiger partial charge >= 0.3 is 0 Å². The Hall–Kier alpha value is -4.21. The number of benzene rings is 1. The van der Waals surface area contributed by atoms with E-state index in [1.807, 2.05) is 99.1 Å². The summed E-state index contributed by atoms with van der Waals surface area (Å²) >= 11 is 0. The van der Waals surface area contributed by atoms with Crippen LogP contribution >= 0.6 is 0 Å². The monoisotopic (exact) mass is 698 g/mol. The quantitative estimate of drug-likeness (QED) is 0.0661. The van der Waals surface area contributed by atoms with Gasteiger partial charge in [-0.3, -0.25) is 9.48 Å². The molecular formula is C45H71N5O. The minimum absolute atomic E-state index is 0.315. The van der Waals surface area contributed by atoms with Crippen molar-refractivity contribution in [3.8, 4) is 12.3 Å². The molecule has 0 bridgehead atoms. The van der Waals surface area contributed by atoms with Crippen molar-refractivity contribution in [2.24, 2.45) is 10.9 Å². The van der Waals surface area contributed by atoms with Crippen molar-refractivity contribution >= 4 is 22.8 Å². The van der Waals surface area contributed by atoms with Gasteiger partial charge in [0.05, 0.1) is 5.69 Å². The molecule has 0 aliphatic carbocycles.